The minimum Gasteiger partial charge on any atom is -0.492 e. The number of nitrogens with one attached hydrogen (secondary N) is 1. The zero-order chi connectivity index (χ0) is 16.0. The Morgan fingerprint density at radius 2 is 2.09 bits per heavy atom. The molecule has 1 aromatic carbocycles. The smallest absolute Gasteiger partial charge is 0.315 e. The van der Waals surface area contributed by atoms with Gasteiger partial charge >= 0.3 is 5.97 Å². The van der Waals surface area contributed by atoms with E-state index in [1.807, 2.05) is 24.3 Å². The molecule has 1 aromatic heterocycles. The van der Waals surface area contributed by atoms with Crippen LogP contribution in [0.25, 0.3) is 0 Å². The molecule has 0 radical (unpaired) electrons. The number of H-pyrrole nitrogens is 1. The maximum atomic E-state index is 12.6. The molecule has 2 N–H and O–H groups in total. The van der Waals surface area contributed by atoms with Crippen molar-refractivity contribution in [2.24, 2.45) is 5.41 Å². The van der Waals surface area contributed by atoms with E-state index in [-0.39, 0.29) is 25.0 Å². The van der Waals surface area contributed by atoms with Crippen LogP contribution in [0.15, 0.2) is 42.6 Å². The summed E-state index contributed by atoms with van der Waals surface area (Å²) in [6.45, 7) is 0.613. The van der Waals surface area contributed by atoms with Crippen molar-refractivity contribution in [3.8, 4) is 5.75 Å². The van der Waals surface area contributed by atoms with Crippen LogP contribution >= 0.6 is 0 Å². The lowest BCUT2D eigenvalue weighted by Gasteiger charge is -2.35. The van der Waals surface area contributed by atoms with E-state index in [0.29, 0.717) is 18.0 Å². The number of rotatable bonds is 2. The highest BCUT2D eigenvalue weighted by molar-refractivity contribution is 5.93. The van der Waals surface area contributed by atoms with Crippen molar-refractivity contribution < 1.29 is 19.4 Å². The van der Waals surface area contributed by atoms with Crippen molar-refractivity contribution in [3.63, 3.8) is 0 Å². The number of fused-ring (bicyclic) bond motifs is 3. The van der Waals surface area contributed by atoms with Crippen molar-refractivity contribution in [3.05, 3.63) is 53.9 Å². The van der Waals surface area contributed by atoms with Gasteiger partial charge in [0.15, 0.2) is 0 Å². The minimum atomic E-state index is -1.09. The summed E-state index contributed by atoms with van der Waals surface area (Å²) in [6.07, 6.45) is 1.68. The average molecular weight is 312 g/mol. The second-order valence-corrected chi connectivity index (χ2v) is 6.11. The fourth-order valence-corrected chi connectivity index (χ4v) is 3.63. The number of aromatic nitrogens is 1. The molecule has 0 spiro atoms. The van der Waals surface area contributed by atoms with E-state index in [4.69, 9.17) is 4.74 Å². The number of nitrogens with zero attached hydrogens (tertiary/aromatic N) is 1. The molecule has 0 saturated carbocycles. The lowest BCUT2D eigenvalue weighted by Crippen LogP contribution is -2.46. The van der Waals surface area contributed by atoms with Crippen LogP contribution in [0, 0.1) is 5.41 Å². The first-order valence-electron chi connectivity index (χ1n) is 7.49. The van der Waals surface area contributed by atoms with E-state index < -0.39 is 11.4 Å². The topological polar surface area (TPSA) is 82.6 Å². The van der Waals surface area contributed by atoms with Crippen LogP contribution in [0.2, 0.25) is 0 Å². The van der Waals surface area contributed by atoms with E-state index in [2.05, 4.69) is 4.98 Å². The van der Waals surface area contributed by atoms with Gasteiger partial charge in [-0.25, -0.2) is 0 Å². The lowest BCUT2D eigenvalue weighted by atomic mass is 9.73. The number of aromatic amines is 1. The van der Waals surface area contributed by atoms with Gasteiger partial charge < -0.3 is 19.7 Å². The van der Waals surface area contributed by atoms with Gasteiger partial charge in [-0.2, -0.15) is 0 Å². The van der Waals surface area contributed by atoms with Gasteiger partial charge in [0.1, 0.15) is 23.5 Å². The molecule has 23 heavy (non-hydrogen) atoms. The Morgan fingerprint density at radius 3 is 2.83 bits per heavy atom. The number of amides is 1. The molecule has 2 atom stereocenters. The van der Waals surface area contributed by atoms with Crippen LogP contribution in [0.5, 0.6) is 5.75 Å². The molecule has 0 aliphatic carbocycles. The van der Waals surface area contributed by atoms with E-state index in [0.717, 1.165) is 5.56 Å². The summed E-state index contributed by atoms with van der Waals surface area (Å²) in [7, 11) is 0. The van der Waals surface area contributed by atoms with E-state index in [1.165, 1.54) is 0 Å². The number of carbonyl (C=O) groups is 2. The first kappa shape index (κ1) is 13.9. The molecule has 2 aliphatic heterocycles. The number of ether oxygens (including phenoxy) is 1. The molecule has 6 heteroatoms. The molecular formula is C17H16N2O4. The Bertz CT molecular complexity index is 771. The molecular weight excluding hydrogens is 296 g/mol. The van der Waals surface area contributed by atoms with Crippen molar-refractivity contribution in [2.75, 3.05) is 19.7 Å². The summed E-state index contributed by atoms with van der Waals surface area (Å²) in [6, 6.07) is 10.9. The maximum Gasteiger partial charge on any atom is 0.315 e. The Labute approximate surface area is 132 Å². The van der Waals surface area contributed by atoms with E-state index >= 15 is 0 Å². The SMILES string of the molecule is O=C(c1ccc[nH]1)N1CC2c3ccccc3OC[C@]2(C(=O)O)C1. The minimum absolute atomic E-state index is 0.0819. The summed E-state index contributed by atoms with van der Waals surface area (Å²) in [4.78, 5) is 29.1. The Morgan fingerprint density at radius 1 is 1.26 bits per heavy atom. The molecule has 118 valence electrons. The maximum absolute atomic E-state index is 12.6. The van der Waals surface area contributed by atoms with Crippen molar-refractivity contribution in [1.82, 2.24) is 9.88 Å². The number of carboxylic acids is 1. The van der Waals surface area contributed by atoms with Crippen LogP contribution in [-0.4, -0.2) is 46.6 Å². The van der Waals surface area contributed by atoms with Gasteiger partial charge in [-0.3, -0.25) is 9.59 Å². The van der Waals surface area contributed by atoms with Crippen molar-refractivity contribution in [2.45, 2.75) is 5.92 Å². The second-order valence-electron chi connectivity index (χ2n) is 6.11. The quantitative estimate of drug-likeness (QED) is 0.884. The third-order valence-electron chi connectivity index (χ3n) is 4.86. The predicted molar refractivity (Wildman–Crippen MR) is 81.4 cm³/mol. The molecule has 1 amide bonds. The Kier molecular flexibility index (Phi) is 2.94. The molecule has 4 rings (SSSR count). The standard InChI is InChI=1S/C17H16N2O4/c20-15(13-5-3-7-18-13)19-8-12-11-4-1-2-6-14(11)23-10-17(12,9-19)16(21)22/h1-7,12,18H,8-10H2,(H,21,22)/t12?,17-/m1/s1. The third kappa shape index (κ3) is 1.94. The first-order valence-corrected chi connectivity index (χ1v) is 7.49. The highest BCUT2D eigenvalue weighted by Crippen LogP contribution is 2.49. The summed E-state index contributed by atoms with van der Waals surface area (Å²) in [5.41, 5.74) is 0.248. The zero-order valence-corrected chi connectivity index (χ0v) is 12.4. The summed E-state index contributed by atoms with van der Waals surface area (Å²) >= 11 is 0. The number of para-hydroxylation sites is 1. The molecule has 1 unspecified atom stereocenters. The number of hydrogen-bond acceptors (Lipinski definition) is 3. The van der Waals surface area contributed by atoms with Gasteiger partial charge in [-0.15, -0.1) is 0 Å². The highest BCUT2D eigenvalue weighted by Gasteiger charge is 2.57. The molecule has 6 nitrogen and oxygen atoms in total. The molecule has 3 heterocycles. The predicted octanol–water partition coefficient (Wildman–Crippen LogP) is 1.72. The van der Waals surface area contributed by atoms with Gasteiger partial charge in [0.25, 0.3) is 5.91 Å². The molecule has 2 aromatic rings. The van der Waals surface area contributed by atoms with Gasteiger partial charge in [0.05, 0.1) is 0 Å². The Hall–Kier alpha value is -2.76. The molecule has 1 saturated heterocycles. The van der Waals surface area contributed by atoms with E-state index in [1.54, 1.807) is 23.2 Å². The molecule has 2 aliphatic rings. The normalized spacial score (nSPS) is 25.4. The summed E-state index contributed by atoms with van der Waals surface area (Å²) in [5.74, 6) is -0.645. The lowest BCUT2D eigenvalue weighted by molar-refractivity contribution is -0.151. The van der Waals surface area contributed by atoms with Crippen LogP contribution in [0.3, 0.4) is 0 Å². The van der Waals surface area contributed by atoms with Crippen LogP contribution in [0.4, 0.5) is 0 Å². The number of carbonyl (C=O) groups excluding carboxylic acids is 1. The third-order valence-corrected chi connectivity index (χ3v) is 4.86. The van der Waals surface area contributed by atoms with Crippen LogP contribution in [0.1, 0.15) is 22.0 Å². The van der Waals surface area contributed by atoms with E-state index in [9.17, 15) is 14.7 Å². The number of likely N-dealkylation sites (tertiary alicyclic amines) is 1. The molecule has 0 bridgehead atoms. The highest BCUT2D eigenvalue weighted by atomic mass is 16.5. The van der Waals surface area contributed by atoms with Gasteiger partial charge in [0.2, 0.25) is 0 Å². The fraction of sp³-hybridized carbons (Fsp3) is 0.294. The number of hydrogen-bond donors (Lipinski definition) is 2. The van der Waals surface area contributed by atoms with Crippen LogP contribution in [-0.2, 0) is 4.79 Å². The van der Waals surface area contributed by atoms with Crippen LogP contribution < -0.4 is 4.74 Å². The summed E-state index contributed by atoms with van der Waals surface area (Å²) < 4.78 is 5.69. The zero-order valence-electron chi connectivity index (χ0n) is 12.4. The largest absolute Gasteiger partial charge is 0.492 e. The Balaban J connectivity index is 1.73. The monoisotopic (exact) mass is 312 g/mol. The summed E-state index contributed by atoms with van der Waals surface area (Å²) in [5, 5.41) is 9.83. The second kappa shape index (κ2) is 4.87. The number of benzene rings is 1. The van der Waals surface area contributed by atoms with Gasteiger partial charge in [0, 0.05) is 30.8 Å². The van der Waals surface area contributed by atoms with Gasteiger partial charge in [-0.05, 0) is 18.2 Å². The number of carboxylic acid groups (broad SMARTS) is 1. The first-order chi connectivity index (χ1) is 11.1. The fourth-order valence-electron chi connectivity index (χ4n) is 3.63. The van der Waals surface area contributed by atoms with Gasteiger partial charge in [-0.1, -0.05) is 18.2 Å². The van der Waals surface area contributed by atoms with Crippen molar-refractivity contribution in [1.29, 1.82) is 0 Å². The van der Waals surface area contributed by atoms with Crippen molar-refractivity contribution >= 4 is 11.9 Å². The number of aliphatic carboxylic acids is 1. The average Bonchev–Trinajstić information content (AvgIpc) is 3.22. The molecule has 1 fully saturated rings.